The van der Waals surface area contributed by atoms with Gasteiger partial charge in [0.2, 0.25) is 5.91 Å². The topological polar surface area (TPSA) is 45.2 Å². The van der Waals surface area contributed by atoms with Crippen LogP contribution in [0, 0.1) is 11.8 Å². The van der Waals surface area contributed by atoms with Gasteiger partial charge in [0.25, 0.3) is 0 Å². The van der Waals surface area contributed by atoms with E-state index in [4.69, 9.17) is 0 Å². The molecule has 3 rings (SSSR count). The van der Waals surface area contributed by atoms with Gasteiger partial charge in [0.15, 0.2) is 0 Å². The molecule has 1 aromatic rings. The minimum Gasteiger partial charge on any atom is -0.337 e. The molecule has 2 heterocycles. The standard InChI is InChI=1S/C14H19N3O/c1-15-13-7-11-6-12(11)9-17(14(13)18)8-10-2-4-16-5-3-10/h2-5,11-13,15H,6-9H2,1H3. The molecule has 1 aliphatic carbocycles. The first kappa shape index (κ1) is 11.7. The summed E-state index contributed by atoms with van der Waals surface area (Å²) in [4.78, 5) is 18.4. The SMILES string of the molecule is CNC1CC2CC2CN(Cc2ccncc2)C1=O. The summed E-state index contributed by atoms with van der Waals surface area (Å²) >= 11 is 0. The van der Waals surface area contributed by atoms with Crippen molar-refractivity contribution in [3.63, 3.8) is 0 Å². The number of nitrogens with one attached hydrogen (secondary N) is 1. The highest BCUT2D eigenvalue weighted by atomic mass is 16.2. The van der Waals surface area contributed by atoms with E-state index in [0.717, 1.165) is 30.4 Å². The van der Waals surface area contributed by atoms with Gasteiger partial charge in [-0.3, -0.25) is 9.78 Å². The van der Waals surface area contributed by atoms with Crippen molar-refractivity contribution in [2.24, 2.45) is 11.8 Å². The number of likely N-dealkylation sites (tertiary alicyclic amines) is 1. The molecule has 4 nitrogen and oxygen atoms in total. The first-order chi connectivity index (χ1) is 8.78. The van der Waals surface area contributed by atoms with Gasteiger partial charge in [-0.2, -0.15) is 0 Å². The van der Waals surface area contributed by atoms with Crippen molar-refractivity contribution in [1.82, 2.24) is 15.2 Å². The zero-order valence-corrected chi connectivity index (χ0v) is 10.7. The number of amides is 1. The predicted octanol–water partition coefficient (Wildman–Crippen LogP) is 1.04. The molecule has 2 aliphatic rings. The fourth-order valence-electron chi connectivity index (χ4n) is 2.91. The maximum Gasteiger partial charge on any atom is 0.240 e. The number of hydrogen-bond acceptors (Lipinski definition) is 3. The fraction of sp³-hybridized carbons (Fsp3) is 0.571. The fourth-order valence-corrected chi connectivity index (χ4v) is 2.91. The van der Waals surface area contributed by atoms with Crippen LogP contribution in [0.5, 0.6) is 0 Å². The van der Waals surface area contributed by atoms with Crippen LogP contribution in [-0.2, 0) is 11.3 Å². The number of pyridine rings is 1. The van der Waals surface area contributed by atoms with E-state index in [0.29, 0.717) is 6.54 Å². The Hall–Kier alpha value is -1.42. The monoisotopic (exact) mass is 245 g/mol. The summed E-state index contributed by atoms with van der Waals surface area (Å²) in [6, 6.07) is 3.97. The average molecular weight is 245 g/mol. The molecular weight excluding hydrogens is 226 g/mol. The Kier molecular flexibility index (Phi) is 3.04. The number of aromatic nitrogens is 1. The minimum absolute atomic E-state index is 0.00402. The molecule has 0 aromatic carbocycles. The minimum atomic E-state index is 0.00402. The van der Waals surface area contributed by atoms with E-state index in [-0.39, 0.29) is 11.9 Å². The van der Waals surface area contributed by atoms with Crippen LogP contribution in [0.3, 0.4) is 0 Å². The maximum absolute atomic E-state index is 12.4. The van der Waals surface area contributed by atoms with Crippen LogP contribution in [0.2, 0.25) is 0 Å². The summed E-state index contributed by atoms with van der Waals surface area (Å²) in [5.74, 6) is 1.74. The molecule has 96 valence electrons. The third-order valence-corrected chi connectivity index (χ3v) is 4.14. The Bertz CT molecular complexity index is 434. The Morgan fingerprint density at radius 3 is 2.83 bits per heavy atom. The molecule has 2 fully saturated rings. The van der Waals surface area contributed by atoms with E-state index in [2.05, 4.69) is 10.3 Å². The summed E-state index contributed by atoms with van der Waals surface area (Å²) in [6.45, 7) is 1.63. The number of likely N-dealkylation sites (N-methyl/N-ethyl adjacent to an activating group) is 1. The van der Waals surface area contributed by atoms with Crippen LogP contribution in [0.4, 0.5) is 0 Å². The Morgan fingerprint density at radius 1 is 1.33 bits per heavy atom. The van der Waals surface area contributed by atoms with Crippen LogP contribution in [0.1, 0.15) is 18.4 Å². The molecule has 18 heavy (non-hydrogen) atoms. The van der Waals surface area contributed by atoms with Gasteiger partial charge >= 0.3 is 0 Å². The molecule has 3 unspecified atom stereocenters. The first-order valence-corrected chi connectivity index (χ1v) is 6.63. The lowest BCUT2D eigenvalue weighted by Gasteiger charge is -2.25. The average Bonchev–Trinajstić information content (AvgIpc) is 3.14. The summed E-state index contributed by atoms with van der Waals surface area (Å²) in [5.41, 5.74) is 1.16. The van der Waals surface area contributed by atoms with Gasteiger partial charge < -0.3 is 10.2 Å². The van der Waals surface area contributed by atoms with Gasteiger partial charge in [0, 0.05) is 25.5 Å². The highest BCUT2D eigenvalue weighted by Crippen LogP contribution is 2.44. The summed E-state index contributed by atoms with van der Waals surface area (Å²) < 4.78 is 0. The molecule has 1 N–H and O–H groups in total. The van der Waals surface area contributed by atoms with Crippen LogP contribution < -0.4 is 5.32 Å². The molecule has 3 atom stereocenters. The molecule has 1 saturated carbocycles. The summed E-state index contributed by atoms with van der Waals surface area (Å²) in [5, 5.41) is 3.16. The van der Waals surface area contributed by atoms with E-state index in [1.165, 1.54) is 6.42 Å². The van der Waals surface area contributed by atoms with Gasteiger partial charge in [-0.15, -0.1) is 0 Å². The quantitative estimate of drug-likeness (QED) is 0.865. The van der Waals surface area contributed by atoms with Gasteiger partial charge in [-0.25, -0.2) is 0 Å². The number of rotatable bonds is 3. The van der Waals surface area contributed by atoms with Crippen LogP contribution in [0.15, 0.2) is 24.5 Å². The third-order valence-electron chi connectivity index (χ3n) is 4.14. The summed E-state index contributed by atoms with van der Waals surface area (Å²) in [7, 11) is 1.88. The van der Waals surface area contributed by atoms with E-state index in [9.17, 15) is 4.79 Å². The van der Waals surface area contributed by atoms with Crippen molar-refractivity contribution in [3.05, 3.63) is 30.1 Å². The lowest BCUT2D eigenvalue weighted by molar-refractivity contribution is -0.133. The van der Waals surface area contributed by atoms with Gasteiger partial charge in [-0.1, -0.05) is 0 Å². The Labute approximate surface area is 107 Å². The van der Waals surface area contributed by atoms with Crippen molar-refractivity contribution in [1.29, 1.82) is 0 Å². The predicted molar refractivity (Wildman–Crippen MR) is 68.7 cm³/mol. The molecule has 0 bridgehead atoms. The van der Waals surface area contributed by atoms with Crippen LogP contribution >= 0.6 is 0 Å². The zero-order valence-electron chi connectivity index (χ0n) is 10.7. The van der Waals surface area contributed by atoms with Gasteiger partial charge in [0.05, 0.1) is 6.04 Å². The second-order valence-electron chi connectivity index (χ2n) is 5.41. The van der Waals surface area contributed by atoms with Gasteiger partial charge in [-0.05, 0) is 49.4 Å². The molecule has 4 heteroatoms. The van der Waals surface area contributed by atoms with E-state index >= 15 is 0 Å². The largest absolute Gasteiger partial charge is 0.337 e. The van der Waals surface area contributed by atoms with Crippen LogP contribution in [0.25, 0.3) is 0 Å². The van der Waals surface area contributed by atoms with Crippen LogP contribution in [-0.4, -0.2) is 35.4 Å². The zero-order chi connectivity index (χ0) is 12.5. The summed E-state index contributed by atoms with van der Waals surface area (Å²) in [6.07, 6.45) is 5.87. The highest BCUT2D eigenvalue weighted by Gasteiger charge is 2.45. The number of fused-ring (bicyclic) bond motifs is 1. The van der Waals surface area contributed by atoms with Crippen molar-refractivity contribution in [2.75, 3.05) is 13.6 Å². The van der Waals surface area contributed by atoms with E-state index in [1.54, 1.807) is 12.4 Å². The maximum atomic E-state index is 12.4. The number of carbonyl (C=O) groups excluding carboxylic acids is 1. The van der Waals surface area contributed by atoms with Crippen molar-refractivity contribution in [2.45, 2.75) is 25.4 Å². The first-order valence-electron chi connectivity index (χ1n) is 6.63. The lowest BCUT2D eigenvalue weighted by Crippen LogP contribution is -2.44. The smallest absolute Gasteiger partial charge is 0.240 e. The molecule has 0 spiro atoms. The lowest BCUT2D eigenvalue weighted by atomic mass is 10.1. The van der Waals surface area contributed by atoms with Gasteiger partial charge in [0.1, 0.15) is 0 Å². The molecule has 1 aromatic heterocycles. The number of hydrogen-bond donors (Lipinski definition) is 1. The molecule has 1 saturated heterocycles. The second kappa shape index (κ2) is 4.69. The molecule has 1 aliphatic heterocycles. The molecular formula is C14H19N3O. The Morgan fingerprint density at radius 2 is 2.11 bits per heavy atom. The van der Waals surface area contributed by atoms with Crippen molar-refractivity contribution < 1.29 is 4.79 Å². The normalized spacial score (nSPS) is 30.8. The Balaban J connectivity index is 1.75. The van der Waals surface area contributed by atoms with Crippen molar-refractivity contribution in [3.8, 4) is 0 Å². The van der Waals surface area contributed by atoms with E-state index in [1.807, 2.05) is 24.1 Å². The van der Waals surface area contributed by atoms with Crippen molar-refractivity contribution >= 4 is 5.91 Å². The number of carbonyl (C=O) groups is 1. The number of nitrogens with zero attached hydrogens (tertiary/aromatic N) is 2. The third kappa shape index (κ3) is 2.25. The molecule has 1 amide bonds. The van der Waals surface area contributed by atoms with E-state index < -0.39 is 0 Å². The molecule has 0 radical (unpaired) electrons. The second-order valence-corrected chi connectivity index (χ2v) is 5.41. The highest BCUT2D eigenvalue weighted by molar-refractivity contribution is 5.82.